The third-order valence-corrected chi connectivity index (χ3v) is 7.88. The van der Waals surface area contributed by atoms with E-state index in [1.165, 1.54) is 25.7 Å². The molecule has 0 radical (unpaired) electrons. The van der Waals surface area contributed by atoms with Gasteiger partial charge in [0, 0.05) is 23.4 Å². The van der Waals surface area contributed by atoms with Gasteiger partial charge in [0.1, 0.15) is 6.10 Å². The van der Waals surface area contributed by atoms with E-state index in [4.69, 9.17) is 9.72 Å². The van der Waals surface area contributed by atoms with E-state index in [1.807, 2.05) is 31.2 Å². The molecule has 168 valence electrons. The SMILES string of the molecule is CCC(=O)Nc1ccc2nc(/C=C/[C@H]3[C@@H]4CCCC[C@H]4C[C@H]4C(=O)O[C@H](C)[C@@H]34)ccc2c1. The van der Waals surface area contributed by atoms with Crippen LogP contribution in [-0.2, 0) is 14.3 Å². The summed E-state index contributed by atoms with van der Waals surface area (Å²) >= 11 is 0. The van der Waals surface area contributed by atoms with Crippen molar-refractivity contribution in [2.75, 3.05) is 5.32 Å². The summed E-state index contributed by atoms with van der Waals surface area (Å²) in [6.45, 7) is 3.91. The molecule has 5 rings (SSSR count). The van der Waals surface area contributed by atoms with E-state index in [0.29, 0.717) is 24.2 Å². The number of aromatic nitrogens is 1. The number of nitrogens with zero attached hydrogens (tertiary/aromatic N) is 1. The van der Waals surface area contributed by atoms with Crippen molar-refractivity contribution in [3.8, 4) is 0 Å². The Hall–Kier alpha value is -2.69. The van der Waals surface area contributed by atoms with Gasteiger partial charge >= 0.3 is 5.97 Å². The summed E-state index contributed by atoms with van der Waals surface area (Å²) < 4.78 is 5.68. The van der Waals surface area contributed by atoms with E-state index < -0.39 is 0 Å². The molecule has 1 N–H and O–H groups in total. The molecule has 0 spiro atoms. The predicted molar refractivity (Wildman–Crippen MR) is 126 cm³/mol. The molecule has 2 aromatic rings. The number of amides is 1. The molecule has 6 atom stereocenters. The van der Waals surface area contributed by atoms with Crippen LogP contribution in [0.5, 0.6) is 0 Å². The summed E-state index contributed by atoms with van der Waals surface area (Å²) in [7, 11) is 0. The lowest BCUT2D eigenvalue weighted by molar-refractivity contribution is -0.144. The van der Waals surface area contributed by atoms with Crippen LogP contribution in [0.25, 0.3) is 17.0 Å². The second-order valence-electron chi connectivity index (χ2n) is 9.75. The van der Waals surface area contributed by atoms with Gasteiger partial charge in [-0.05, 0) is 67.9 Å². The van der Waals surface area contributed by atoms with Crippen LogP contribution in [0.2, 0.25) is 0 Å². The summed E-state index contributed by atoms with van der Waals surface area (Å²) in [5.74, 6) is 2.00. The first-order valence-electron chi connectivity index (χ1n) is 12.1. The minimum Gasteiger partial charge on any atom is -0.462 e. The third-order valence-electron chi connectivity index (χ3n) is 7.88. The van der Waals surface area contributed by atoms with Crippen molar-refractivity contribution in [2.45, 2.75) is 58.5 Å². The number of nitrogens with one attached hydrogen (secondary N) is 1. The zero-order chi connectivity index (χ0) is 22.2. The maximum absolute atomic E-state index is 12.5. The van der Waals surface area contributed by atoms with Crippen LogP contribution >= 0.6 is 0 Å². The number of ether oxygens (including phenoxy) is 1. The monoisotopic (exact) mass is 432 g/mol. The van der Waals surface area contributed by atoms with E-state index >= 15 is 0 Å². The fourth-order valence-corrected chi connectivity index (χ4v) is 6.36. The first-order valence-corrected chi connectivity index (χ1v) is 12.1. The number of allylic oxidation sites excluding steroid dienone is 1. The Balaban J connectivity index is 1.40. The van der Waals surface area contributed by atoms with E-state index in [2.05, 4.69) is 30.5 Å². The van der Waals surface area contributed by atoms with Crippen molar-refractivity contribution in [3.05, 3.63) is 42.1 Å². The Bertz CT molecular complexity index is 1060. The van der Waals surface area contributed by atoms with Gasteiger partial charge in [-0.25, -0.2) is 4.98 Å². The molecule has 2 saturated carbocycles. The van der Waals surface area contributed by atoms with E-state index in [9.17, 15) is 9.59 Å². The summed E-state index contributed by atoms with van der Waals surface area (Å²) in [4.78, 5) is 29.0. The number of carbonyl (C=O) groups excluding carboxylic acids is 2. The molecule has 2 heterocycles. The van der Waals surface area contributed by atoms with Crippen LogP contribution in [0.4, 0.5) is 5.69 Å². The molecule has 3 fully saturated rings. The number of anilines is 1. The van der Waals surface area contributed by atoms with Crippen molar-refractivity contribution >= 4 is 34.5 Å². The minimum atomic E-state index is -0.00802. The largest absolute Gasteiger partial charge is 0.462 e. The summed E-state index contributed by atoms with van der Waals surface area (Å²) in [5, 5.41) is 3.91. The lowest BCUT2D eigenvalue weighted by atomic mass is 9.57. The average molecular weight is 433 g/mol. The summed E-state index contributed by atoms with van der Waals surface area (Å²) in [6.07, 6.45) is 11.0. The topological polar surface area (TPSA) is 68.3 Å². The standard InChI is InChI=1S/C27H32N2O3/c1-3-25(30)29-20-11-13-24-18(14-20)8-9-19(28-24)10-12-22-21-7-5-4-6-17(21)15-23-26(22)16(2)32-27(23)31/h8-14,16-17,21-23,26H,3-7,15H2,1-2H3,(H,29,30)/b12-10+/t16-,17+,21-,22+,23-,26+/m1/s1. The summed E-state index contributed by atoms with van der Waals surface area (Å²) in [5.41, 5.74) is 2.63. The highest BCUT2D eigenvalue weighted by Gasteiger charge is 2.53. The Morgan fingerprint density at radius 1 is 1.22 bits per heavy atom. The molecule has 1 aliphatic heterocycles. The second-order valence-corrected chi connectivity index (χ2v) is 9.75. The minimum absolute atomic E-state index is 0.00673. The lowest BCUT2D eigenvalue weighted by Crippen LogP contribution is -2.42. The van der Waals surface area contributed by atoms with Gasteiger partial charge in [0.15, 0.2) is 0 Å². The molecule has 0 bridgehead atoms. The molecule has 1 saturated heterocycles. The van der Waals surface area contributed by atoms with Crippen LogP contribution < -0.4 is 5.32 Å². The van der Waals surface area contributed by atoms with Gasteiger partial charge in [-0.3, -0.25) is 9.59 Å². The molecule has 3 aliphatic rings. The number of pyridine rings is 1. The van der Waals surface area contributed by atoms with Gasteiger partial charge < -0.3 is 10.1 Å². The Kier molecular flexibility index (Phi) is 5.75. The molecule has 32 heavy (non-hydrogen) atoms. The fourth-order valence-electron chi connectivity index (χ4n) is 6.36. The molecular weight excluding hydrogens is 400 g/mol. The normalized spacial score (nSPS) is 31.9. The smallest absolute Gasteiger partial charge is 0.309 e. The number of rotatable bonds is 4. The Morgan fingerprint density at radius 2 is 2.06 bits per heavy atom. The van der Waals surface area contributed by atoms with Gasteiger partial charge in [-0.2, -0.15) is 0 Å². The van der Waals surface area contributed by atoms with Crippen molar-refractivity contribution in [3.63, 3.8) is 0 Å². The van der Waals surface area contributed by atoms with Crippen molar-refractivity contribution < 1.29 is 14.3 Å². The predicted octanol–water partition coefficient (Wildman–Crippen LogP) is 5.60. The van der Waals surface area contributed by atoms with E-state index in [1.54, 1.807) is 0 Å². The van der Waals surface area contributed by atoms with E-state index in [0.717, 1.165) is 28.7 Å². The number of benzene rings is 1. The molecule has 1 aromatic carbocycles. The van der Waals surface area contributed by atoms with Crippen molar-refractivity contribution in [1.29, 1.82) is 0 Å². The Labute approximate surface area is 189 Å². The van der Waals surface area contributed by atoms with E-state index in [-0.39, 0.29) is 29.8 Å². The number of hydrogen-bond donors (Lipinski definition) is 1. The molecule has 1 aromatic heterocycles. The quantitative estimate of drug-likeness (QED) is 0.639. The maximum Gasteiger partial charge on any atom is 0.309 e. The van der Waals surface area contributed by atoms with Crippen LogP contribution in [0, 0.1) is 29.6 Å². The van der Waals surface area contributed by atoms with Crippen molar-refractivity contribution in [2.24, 2.45) is 29.6 Å². The first kappa shape index (κ1) is 21.2. The molecule has 5 heteroatoms. The average Bonchev–Trinajstić information content (AvgIpc) is 3.09. The number of carbonyl (C=O) groups is 2. The molecule has 1 amide bonds. The molecular formula is C27H32N2O3. The number of fused-ring (bicyclic) bond motifs is 3. The van der Waals surface area contributed by atoms with Crippen LogP contribution in [0.15, 0.2) is 36.4 Å². The summed E-state index contributed by atoms with van der Waals surface area (Å²) in [6, 6.07) is 9.91. The van der Waals surface area contributed by atoms with Gasteiger partial charge in [0.05, 0.1) is 17.1 Å². The van der Waals surface area contributed by atoms with Gasteiger partial charge in [0.25, 0.3) is 0 Å². The maximum atomic E-state index is 12.5. The van der Waals surface area contributed by atoms with Crippen LogP contribution in [-0.4, -0.2) is 23.0 Å². The van der Waals surface area contributed by atoms with Gasteiger partial charge in [0.2, 0.25) is 5.91 Å². The first-order chi connectivity index (χ1) is 15.5. The second kappa shape index (κ2) is 8.68. The van der Waals surface area contributed by atoms with Crippen molar-refractivity contribution in [1.82, 2.24) is 4.98 Å². The third kappa shape index (κ3) is 3.94. The number of hydrogen-bond acceptors (Lipinski definition) is 4. The number of esters is 1. The number of cyclic esters (lactones) is 1. The van der Waals surface area contributed by atoms with Crippen LogP contribution in [0.3, 0.4) is 0 Å². The highest BCUT2D eigenvalue weighted by atomic mass is 16.6. The molecule has 0 unspecified atom stereocenters. The zero-order valence-corrected chi connectivity index (χ0v) is 18.9. The highest BCUT2D eigenvalue weighted by molar-refractivity contribution is 5.93. The lowest BCUT2D eigenvalue weighted by Gasteiger charge is -2.45. The Morgan fingerprint density at radius 3 is 2.91 bits per heavy atom. The molecule has 5 nitrogen and oxygen atoms in total. The highest BCUT2D eigenvalue weighted by Crippen LogP contribution is 2.53. The van der Waals surface area contributed by atoms with Gasteiger partial charge in [-0.1, -0.05) is 38.3 Å². The van der Waals surface area contributed by atoms with Gasteiger partial charge in [-0.15, -0.1) is 0 Å². The zero-order valence-electron chi connectivity index (χ0n) is 18.9. The fraction of sp³-hybridized carbons (Fsp3) is 0.519. The molecule has 2 aliphatic carbocycles. The van der Waals surface area contributed by atoms with Crippen LogP contribution in [0.1, 0.15) is 58.1 Å².